The highest BCUT2D eigenvalue weighted by Gasteiger charge is 2.37. The molecule has 0 radical (unpaired) electrons. The number of hydrogen-bond donors (Lipinski definition) is 0. The van der Waals surface area contributed by atoms with E-state index in [0.29, 0.717) is 37.6 Å². The van der Waals surface area contributed by atoms with Crippen molar-refractivity contribution < 1.29 is 31.9 Å². The number of unbranched alkanes of at least 4 members (excludes halogenated alkanes) is 10. The van der Waals surface area contributed by atoms with Gasteiger partial charge in [0.1, 0.15) is 5.82 Å². The third-order valence-corrected chi connectivity index (χ3v) is 6.63. The van der Waals surface area contributed by atoms with Crippen LogP contribution in [0.1, 0.15) is 106 Å². The van der Waals surface area contributed by atoms with Gasteiger partial charge in [0.15, 0.2) is 0 Å². The number of carbonyl (C=O) groups is 2. The molecule has 0 aromatic heterocycles. The van der Waals surface area contributed by atoms with Gasteiger partial charge in [0.2, 0.25) is 0 Å². The van der Waals surface area contributed by atoms with Crippen LogP contribution < -0.4 is 0 Å². The molecular weight excluding hydrogens is 462 g/mol. The Bertz CT molecular complexity index is 789. The van der Waals surface area contributed by atoms with Crippen molar-refractivity contribution >= 4 is 11.9 Å². The van der Waals surface area contributed by atoms with Gasteiger partial charge >= 0.3 is 12.1 Å². The molecule has 198 valence electrons. The molecule has 0 spiro atoms. The van der Waals surface area contributed by atoms with Crippen molar-refractivity contribution in [1.82, 2.24) is 4.90 Å². The maximum atomic E-state index is 13.5. The summed E-state index contributed by atoms with van der Waals surface area (Å²) in [5.74, 6) is -2.46. The van der Waals surface area contributed by atoms with Gasteiger partial charge in [0, 0.05) is 13.1 Å². The summed E-state index contributed by atoms with van der Waals surface area (Å²) in [7, 11) is 0. The van der Waals surface area contributed by atoms with Gasteiger partial charge in [-0.25, -0.2) is 4.39 Å². The molecule has 1 heterocycles. The Morgan fingerprint density at radius 1 is 0.914 bits per heavy atom. The highest BCUT2D eigenvalue weighted by Crippen LogP contribution is 2.33. The van der Waals surface area contributed by atoms with E-state index in [0.717, 1.165) is 19.3 Å². The second-order valence-corrected chi connectivity index (χ2v) is 9.46. The van der Waals surface area contributed by atoms with Crippen LogP contribution in [-0.2, 0) is 15.7 Å². The minimum Gasteiger partial charge on any atom is -0.465 e. The number of benzene rings is 1. The summed E-state index contributed by atoms with van der Waals surface area (Å²) >= 11 is 0. The summed E-state index contributed by atoms with van der Waals surface area (Å²) < 4.78 is 58.6. The summed E-state index contributed by atoms with van der Waals surface area (Å²) in [6.45, 7) is 2.85. The molecule has 2 rings (SSSR count). The largest absolute Gasteiger partial charge is 0.465 e. The lowest BCUT2D eigenvalue weighted by molar-refractivity contribution is -0.150. The topological polar surface area (TPSA) is 46.6 Å². The summed E-state index contributed by atoms with van der Waals surface area (Å²) in [4.78, 5) is 26.2. The van der Waals surface area contributed by atoms with E-state index in [2.05, 4.69) is 6.92 Å². The Morgan fingerprint density at radius 2 is 1.46 bits per heavy atom. The van der Waals surface area contributed by atoms with E-state index in [1.807, 2.05) is 0 Å². The summed E-state index contributed by atoms with van der Waals surface area (Å²) in [5.41, 5.74) is -1.85. The van der Waals surface area contributed by atoms with Crippen LogP contribution in [0.25, 0.3) is 0 Å². The third-order valence-electron chi connectivity index (χ3n) is 6.63. The van der Waals surface area contributed by atoms with Crippen molar-refractivity contribution in [3.8, 4) is 0 Å². The van der Waals surface area contributed by atoms with Crippen LogP contribution in [0.4, 0.5) is 17.6 Å². The standard InChI is InChI=1S/C27H39F4NO3/c1-2-3-4-5-6-7-8-9-10-11-12-19-35-26(34)21-15-17-32(18-16-21)25(33)23-20-22(28)13-14-24(23)27(29,30)31/h13-14,20-21H,2-12,15-19H2,1H3. The average Bonchev–Trinajstić information content (AvgIpc) is 2.83. The van der Waals surface area contributed by atoms with Gasteiger partial charge in [-0.1, -0.05) is 71.1 Å². The van der Waals surface area contributed by atoms with E-state index < -0.39 is 29.0 Å². The number of rotatable bonds is 14. The smallest absolute Gasteiger partial charge is 0.417 e. The van der Waals surface area contributed by atoms with Crippen LogP contribution >= 0.6 is 0 Å². The van der Waals surface area contributed by atoms with Crippen molar-refractivity contribution in [3.63, 3.8) is 0 Å². The predicted octanol–water partition coefficient (Wildman–Crippen LogP) is 7.55. The lowest BCUT2D eigenvalue weighted by atomic mass is 9.96. The van der Waals surface area contributed by atoms with Crippen molar-refractivity contribution in [2.45, 2.75) is 96.6 Å². The number of amides is 1. The number of nitrogens with zero attached hydrogens (tertiary/aromatic N) is 1. The van der Waals surface area contributed by atoms with E-state index >= 15 is 0 Å². The molecule has 0 aliphatic carbocycles. The molecule has 0 atom stereocenters. The lowest BCUT2D eigenvalue weighted by Gasteiger charge is -2.31. The van der Waals surface area contributed by atoms with Gasteiger partial charge in [-0.2, -0.15) is 13.2 Å². The second kappa shape index (κ2) is 15.1. The number of piperidine rings is 1. The van der Waals surface area contributed by atoms with Crippen LogP contribution in [0.15, 0.2) is 18.2 Å². The number of likely N-dealkylation sites (tertiary alicyclic amines) is 1. The van der Waals surface area contributed by atoms with Crippen molar-refractivity contribution in [2.75, 3.05) is 19.7 Å². The minimum atomic E-state index is -4.75. The Hall–Kier alpha value is -2.12. The zero-order chi connectivity index (χ0) is 25.7. The molecule has 1 aromatic rings. The van der Waals surface area contributed by atoms with Crippen LogP contribution in [0, 0.1) is 11.7 Å². The van der Waals surface area contributed by atoms with Crippen LogP contribution in [-0.4, -0.2) is 36.5 Å². The van der Waals surface area contributed by atoms with Crippen LogP contribution in [0.3, 0.4) is 0 Å². The van der Waals surface area contributed by atoms with Gasteiger partial charge < -0.3 is 9.64 Å². The first-order valence-corrected chi connectivity index (χ1v) is 13.1. The number of alkyl halides is 3. The van der Waals surface area contributed by atoms with E-state index in [9.17, 15) is 27.2 Å². The fraction of sp³-hybridized carbons (Fsp3) is 0.704. The number of halogens is 4. The normalized spacial score (nSPS) is 14.8. The van der Waals surface area contributed by atoms with Crippen LogP contribution in [0.5, 0.6) is 0 Å². The number of carbonyl (C=O) groups excluding carboxylic acids is 2. The van der Waals surface area contributed by atoms with Crippen molar-refractivity contribution in [2.24, 2.45) is 5.92 Å². The van der Waals surface area contributed by atoms with Gasteiger partial charge in [-0.3, -0.25) is 9.59 Å². The first-order valence-electron chi connectivity index (χ1n) is 13.1. The highest BCUT2D eigenvalue weighted by molar-refractivity contribution is 5.96. The molecule has 1 aliphatic heterocycles. The maximum absolute atomic E-state index is 13.5. The molecule has 35 heavy (non-hydrogen) atoms. The third kappa shape index (κ3) is 10.2. The fourth-order valence-electron chi connectivity index (χ4n) is 4.49. The van der Waals surface area contributed by atoms with Gasteiger partial charge in [0.05, 0.1) is 23.7 Å². The SMILES string of the molecule is CCCCCCCCCCCCCOC(=O)C1CCN(C(=O)c2cc(F)ccc2C(F)(F)F)CC1. The molecule has 0 saturated carbocycles. The summed E-state index contributed by atoms with van der Waals surface area (Å²) in [6.07, 6.45) is 9.17. The molecule has 8 heteroatoms. The summed E-state index contributed by atoms with van der Waals surface area (Å²) in [6, 6.07) is 1.90. The predicted molar refractivity (Wildman–Crippen MR) is 127 cm³/mol. The molecule has 1 saturated heterocycles. The van der Waals surface area contributed by atoms with Gasteiger partial charge in [0.25, 0.3) is 5.91 Å². The molecular formula is C27H39F4NO3. The van der Waals surface area contributed by atoms with E-state index in [1.165, 1.54) is 56.3 Å². The zero-order valence-electron chi connectivity index (χ0n) is 20.8. The van der Waals surface area contributed by atoms with E-state index in [4.69, 9.17) is 4.74 Å². The average molecular weight is 502 g/mol. The highest BCUT2D eigenvalue weighted by atomic mass is 19.4. The molecule has 1 fully saturated rings. The zero-order valence-corrected chi connectivity index (χ0v) is 20.8. The van der Waals surface area contributed by atoms with E-state index in [-0.39, 0.29) is 25.0 Å². The number of ether oxygens (including phenoxy) is 1. The molecule has 1 aromatic carbocycles. The van der Waals surface area contributed by atoms with Crippen molar-refractivity contribution in [1.29, 1.82) is 0 Å². The Labute approximate surface area is 206 Å². The Balaban J connectivity index is 1.63. The molecule has 0 unspecified atom stereocenters. The first-order chi connectivity index (χ1) is 16.7. The van der Waals surface area contributed by atoms with Gasteiger partial charge in [-0.05, 0) is 37.5 Å². The Kier molecular flexibility index (Phi) is 12.6. The monoisotopic (exact) mass is 501 g/mol. The quantitative estimate of drug-likeness (QED) is 0.150. The van der Waals surface area contributed by atoms with Crippen molar-refractivity contribution in [3.05, 3.63) is 35.1 Å². The summed E-state index contributed by atoms with van der Waals surface area (Å²) in [5, 5.41) is 0. The molecule has 1 amide bonds. The number of esters is 1. The maximum Gasteiger partial charge on any atom is 0.417 e. The van der Waals surface area contributed by atoms with E-state index in [1.54, 1.807) is 0 Å². The molecule has 1 aliphatic rings. The first kappa shape index (κ1) is 29.1. The Morgan fingerprint density at radius 3 is 2.00 bits per heavy atom. The second-order valence-electron chi connectivity index (χ2n) is 9.46. The van der Waals surface area contributed by atoms with Gasteiger partial charge in [-0.15, -0.1) is 0 Å². The molecule has 0 bridgehead atoms. The van der Waals surface area contributed by atoms with Crippen LogP contribution in [0.2, 0.25) is 0 Å². The lowest BCUT2D eigenvalue weighted by Crippen LogP contribution is -2.41. The fourth-order valence-corrected chi connectivity index (χ4v) is 4.49. The minimum absolute atomic E-state index is 0.130. The molecule has 4 nitrogen and oxygen atoms in total. The molecule has 0 N–H and O–H groups in total. The number of hydrogen-bond acceptors (Lipinski definition) is 3.